The molecule has 4 heterocycles. The number of fused-ring (bicyclic) bond motifs is 2. The number of nitrogens with one attached hydrogen (secondary N) is 1. The highest BCUT2D eigenvalue weighted by molar-refractivity contribution is 5.97. The molecule has 1 amide bonds. The maximum absolute atomic E-state index is 12.1. The Kier molecular flexibility index (Phi) is 5.46. The summed E-state index contributed by atoms with van der Waals surface area (Å²) in [6, 6.07) is 17.6. The fraction of sp³-hybridized carbons (Fsp3) is 0.357. The van der Waals surface area contributed by atoms with Crippen LogP contribution in [0.2, 0.25) is 0 Å². The van der Waals surface area contributed by atoms with E-state index in [0.717, 1.165) is 52.9 Å². The van der Waals surface area contributed by atoms with Gasteiger partial charge < -0.3 is 16.0 Å². The van der Waals surface area contributed by atoms with Crippen LogP contribution in [0.1, 0.15) is 35.2 Å². The first-order chi connectivity index (χ1) is 16.7. The SMILES string of the molecule is Nc1ncc(-c2ccc(N3CCCN4CCCC4C3)cc2)cc1-c1ccc2c(c1)CCNC2=O. The van der Waals surface area contributed by atoms with Gasteiger partial charge in [0.25, 0.3) is 5.91 Å². The summed E-state index contributed by atoms with van der Waals surface area (Å²) in [6.07, 6.45) is 6.57. The van der Waals surface area contributed by atoms with Crippen molar-refractivity contribution in [2.24, 2.45) is 0 Å². The van der Waals surface area contributed by atoms with Crippen molar-refractivity contribution >= 4 is 17.4 Å². The molecule has 1 unspecified atom stereocenters. The van der Waals surface area contributed by atoms with Crippen LogP contribution in [0, 0.1) is 0 Å². The Hall–Kier alpha value is -3.38. The molecule has 3 aromatic rings. The average molecular weight is 454 g/mol. The minimum absolute atomic E-state index is 0.00205. The summed E-state index contributed by atoms with van der Waals surface area (Å²) < 4.78 is 0. The van der Waals surface area contributed by atoms with Gasteiger partial charge in [-0.1, -0.05) is 24.3 Å². The summed E-state index contributed by atoms with van der Waals surface area (Å²) in [7, 11) is 0. The van der Waals surface area contributed by atoms with Gasteiger partial charge in [-0.3, -0.25) is 9.69 Å². The molecule has 0 aliphatic carbocycles. The van der Waals surface area contributed by atoms with Crippen molar-refractivity contribution in [3.8, 4) is 22.3 Å². The van der Waals surface area contributed by atoms with Crippen LogP contribution in [0.3, 0.4) is 0 Å². The van der Waals surface area contributed by atoms with E-state index < -0.39 is 0 Å². The Morgan fingerprint density at radius 1 is 0.912 bits per heavy atom. The summed E-state index contributed by atoms with van der Waals surface area (Å²) in [4.78, 5) is 21.8. The van der Waals surface area contributed by atoms with Crippen molar-refractivity contribution in [2.45, 2.75) is 31.7 Å². The second-order valence-electron chi connectivity index (χ2n) is 9.71. The lowest BCUT2D eigenvalue weighted by Crippen LogP contribution is -2.36. The molecular weight excluding hydrogens is 422 g/mol. The van der Waals surface area contributed by atoms with Crippen LogP contribution >= 0.6 is 0 Å². The maximum atomic E-state index is 12.1. The highest BCUT2D eigenvalue weighted by atomic mass is 16.1. The Morgan fingerprint density at radius 3 is 2.62 bits per heavy atom. The van der Waals surface area contributed by atoms with E-state index in [2.05, 4.69) is 56.5 Å². The second-order valence-corrected chi connectivity index (χ2v) is 9.71. The van der Waals surface area contributed by atoms with Crippen molar-refractivity contribution in [1.82, 2.24) is 15.2 Å². The first-order valence-electron chi connectivity index (χ1n) is 12.4. The highest BCUT2D eigenvalue weighted by Crippen LogP contribution is 2.33. The first-order valence-corrected chi connectivity index (χ1v) is 12.4. The van der Waals surface area contributed by atoms with Crippen LogP contribution < -0.4 is 16.0 Å². The monoisotopic (exact) mass is 453 g/mol. The Balaban J connectivity index is 1.26. The number of aromatic nitrogens is 1. The molecule has 2 aromatic carbocycles. The van der Waals surface area contributed by atoms with E-state index in [-0.39, 0.29) is 5.91 Å². The van der Waals surface area contributed by atoms with Gasteiger partial charge in [0.15, 0.2) is 0 Å². The van der Waals surface area contributed by atoms with Gasteiger partial charge in [-0.15, -0.1) is 0 Å². The zero-order valence-corrected chi connectivity index (χ0v) is 19.5. The van der Waals surface area contributed by atoms with Crippen molar-refractivity contribution in [3.05, 3.63) is 65.9 Å². The summed E-state index contributed by atoms with van der Waals surface area (Å²) in [5.74, 6) is 0.504. The smallest absolute Gasteiger partial charge is 0.251 e. The molecule has 0 saturated carbocycles. The molecule has 6 nitrogen and oxygen atoms in total. The molecule has 0 radical (unpaired) electrons. The van der Waals surface area contributed by atoms with Crippen molar-refractivity contribution in [3.63, 3.8) is 0 Å². The molecule has 3 N–H and O–H groups in total. The van der Waals surface area contributed by atoms with E-state index in [1.54, 1.807) is 0 Å². The van der Waals surface area contributed by atoms with Gasteiger partial charge in [0, 0.05) is 60.8 Å². The molecule has 34 heavy (non-hydrogen) atoms. The standard InChI is InChI=1S/C28H31N5O/c29-27-26(20-6-9-25-21(15-20)10-11-30-28(25)34)16-22(17-31-27)19-4-7-23(8-5-19)33-14-2-13-32-12-1-3-24(32)18-33/h4-9,15-17,24H,1-3,10-14,18H2,(H2,29,31)(H,30,34). The van der Waals surface area contributed by atoms with Gasteiger partial charge in [0.05, 0.1) is 0 Å². The topological polar surface area (TPSA) is 74.5 Å². The quantitative estimate of drug-likeness (QED) is 0.628. The largest absolute Gasteiger partial charge is 0.383 e. The van der Waals surface area contributed by atoms with Gasteiger partial charge in [-0.2, -0.15) is 0 Å². The number of benzene rings is 2. The molecule has 2 saturated heterocycles. The van der Waals surface area contributed by atoms with Crippen molar-refractivity contribution in [2.75, 3.05) is 43.4 Å². The van der Waals surface area contributed by atoms with E-state index in [1.165, 1.54) is 38.0 Å². The highest BCUT2D eigenvalue weighted by Gasteiger charge is 2.28. The number of rotatable bonds is 3. The third kappa shape index (κ3) is 3.92. The van der Waals surface area contributed by atoms with Gasteiger partial charge in [0.1, 0.15) is 5.82 Å². The molecule has 3 aliphatic heterocycles. The summed E-state index contributed by atoms with van der Waals surface area (Å²) in [6.45, 7) is 5.42. The van der Waals surface area contributed by atoms with Gasteiger partial charge in [-0.25, -0.2) is 4.98 Å². The van der Waals surface area contributed by atoms with Crippen LogP contribution in [-0.2, 0) is 6.42 Å². The number of hydrogen-bond donors (Lipinski definition) is 2. The predicted octanol–water partition coefficient (Wildman–Crippen LogP) is 3.96. The van der Waals surface area contributed by atoms with E-state index in [9.17, 15) is 4.79 Å². The zero-order valence-electron chi connectivity index (χ0n) is 19.5. The normalized spacial score (nSPS) is 20.4. The van der Waals surface area contributed by atoms with E-state index in [4.69, 9.17) is 5.73 Å². The first kappa shape index (κ1) is 21.2. The zero-order chi connectivity index (χ0) is 23.1. The summed E-state index contributed by atoms with van der Waals surface area (Å²) in [5, 5.41) is 2.90. The minimum atomic E-state index is -0.00205. The molecule has 0 bridgehead atoms. The number of pyridine rings is 1. The fourth-order valence-electron chi connectivity index (χ4n) is 5.77. The van der Waals surface area contributed by atoms with Crippen LogP contribution in [0.25, 0.3) is 22.3 Å². The molecule has 1 aromatic heterocycles. The summed E-state index contributed by atoms with van der Waals surface area (Å²) in [5.41, 5.74) is 13.5. The van der Waals surface area contributed by atoms with Crippen LogP contribution in [-0.4, -0.2) is 54.6 Å². The molecule has 2 fully saturated rings. The number of carbonyl (C=O) groups excluding carboxylic acids is 1. The number of nitrogens with zero attached hydrogens (tertiary/aromatic N) is 3. The molecule has 3 aliphatic rings. The average Bonchev–Trinajstić information content (AvgIpc) is 3.21. The molecule has 174 valence electrons. The fourth-order valence-corrected chi connectivity index (χ4v) is 5.77. The van der Waals surface area contributed by atoms with Crippen LogP contribution in [0.15, 0.2) is 54.7 Å². The third-order valence-electron chi connectivity index (χ3n) is 7.63. The number of hydrogen-bond acceptors (Lipinski definition) is 5. The predicted molar refractivity (Wildman–Crippen MR) is 137 cm³/mol. The van der Waals surface area contributed by atoms with Crippen LogP contribution in [0.5, 0.6) is 0 Å². The Bertz CT molecular complexity index is 1220. The number of carbonyl (C=O) groups is 1. The molecule has 6 rings (SSSR count). The maximum Gasteiger partial charge on any atom is 0.251 e. The van der Waals surface area contributed by atoms with Crippen molar-refractivity contribution in [1.29, 1.82) is 0 Å². The van der Waals surface area contributed by atoms with E-state index >= 15 is 0 Å². The number of amides is 1. The summed E-state index contributed by atoms with van der Waals surface area (Å²) >= 11 is 0. The molecule has 6 heteroatoms. The van der Waals surface area contributed by atoms with Crippen LogP contribution in [0.4, 0.5) is 11.5 Å². The second kappa shape index (κ2) is 8.76. The number of nitrogen functional groups attached to an aromatic ring is 1. The lowest BCUT2D eigenvalue weighted by Gasteiger charge is -2.27. The van der Waals surface area contributed by atoms with E-state index in [1.807, 2.05) is 18.3 Å². The van der Waals surface area contributed by atoms with Gasteiger partial charge in [-0.05, 0) is 73.2 Å². The lowest BCUT2D eigenvalue weighted by molar-refractivity contribution is 0.0946. The lowest BCUT2D eigenvalue weighted by atomic mass is 9.94. The number of anilines is 2. The van der Waals surface area contributed by atoms with Gasteiger partial charge >= 0.3 is 0 Å². The van der Waals surface area contributed by atoms with Gasteiger partial charge in [0.2, 0.25) is 0 Å². The van der Waals surface area contributed by atoms with E-state index in [0.29, 0.717) is 18.4 Å². The Labute approximate surface area is 200 Å². The molecular formula is C28H31N5O. The minimum Gasteiger partial charge on any atom is -0.383 e. The molecule has 0 spiro atoms. The van der Waals surface area contributed by atoms with Crippen molar-refractivity contribution < 1.29 is 4.79 Å². The number of nitrogens with two attached hydrogens (primary N) is 1. The Morgan fingerprint density at radius 2 is 1.74 bits per heavy atom. The molecule has 1 atom stereocenters. The third-order valence-corrected chi connectivity index (χ3v) is 7.63.